The number of carbonyl (C=O) groups is 1. The van der Waals surface area contributed by atoms with E-state index in [0.717, 1.165) is 57.9 Å². The SMILES string of the molecule is CC(C)(C)[Si](C)(C)Oc1ccccc1CBr.CC(C)(C)[Si](C)(C)Oc1ccccc1CO.CC(C)(C)[Si](C)(C)Oc1ccccc1C[Si](C)(Cc1ccccc1)Cc1ccccc1.C[Si](Cc1ccccc1)(Cc1ccccc1)Cc1ccccc1O.O=Cc1ccccc1O. The zero-order valence-corrected chi connectivity index (χ0v) is 67.3. The minimum atomic E-state index is -1.89. The van der Waals surface area contributed by atoms with Crippen molar-refractivity contribution in [3.05, 3.63) is 293 Å². The zero-order valence-electron chi connectivity index (χ0n) is 60.7. The van der Waals surface area contributed by atoms with Crippen molar-refractivity contribution in [3.63, 3.8) is 0 Å². The monoisotopic (exact) mass is 1440 g/mol. The lowest BCUT2D eigenvalue weighted by atomic mass is 10.2. The number of aldehydes is 1. The third-order valence-electron chi connectivity index (χ3n) is 18.9. The molecule has 512 valence electrons. The number of rotatable bonds is 21. The zero-order chi connectivity index (χ0) is 70.9. The fourth-order valence-corrected chi connectivity index (χ4v) is 22.1. The van der Waals surface area contributed by atoms with Gasteiger partial charge in [0.25, 0.3) is 0 Å². The van der Waals surface area contributed by atoms with Gasteiger partial charge in [-0.2, -0.15) is 0 Å². The average molecular weight is 1440 g/mol. The molecule has 0 aliphatic carbocycles. The number of benzene rings is 9. The van der Waals surface area contributed by atoms with Crippen molar-refractivity contribution in [2.45, 2.75) is 178 Å². The van der Waals surface area contributed by atoms with Crippen molar-refractivity contribution in [2.24, 2.45) is 0 Å². The van der Waals surface area contributed by atoms with Crippen LogP contribution >= 0.6 is 15.9 Å². The molecule has 13 heteroatoms. The highest BCUT2D eigenvalue weighted by molar-refractivity contribution is 9.08. The largest absolute Gasteiger partial charge is 0.543 e. The smallest absolute Gasteiger partial charge is 0.250 e. The van der Waals surface area contributed by atoms with Gasteiger partial charge in [-0.3, -0.25) is 4.79 Å². The van der Waals surface area contributed by atoms with Crippen molar-refractivity contribution < 1.29 is 33.4 Å². The number of aliphatic hydroxyl groups is 1. The van der Waals surface area contributed by atoms with E-state index in [4.69, 9.17) is 18.4 Å². The van der Waals surface area contributed by atoms with Crippen LogP contribution < -0.4 is 13.3 Å². The van der Waals surface area contributed by atoms with E-state index in [-0.39, 0.29) is 27.5 Å². The highest BCUT2D eigenvalue weighted by Crippen LogP contribution is 2.41. The Morgan fingerprint density at radius 2 is 0.594 bits per heavy atom. The van der Waals surface area contributed by atoms with E-state index >= 15 is 0 Å². The molecule has 0 radical (unpaired) electrons. The summed E-state index contributed by atoms with van der Waals surface area (Å²) in [5.41, 5.74) is 10.6. The summed E-state index contributed by atoms with van der Waals surface area (Å²) in [7, 11) is -8.76. The Bertz CT molecular complexity index is 3580. The van der Waals surface area contributed by atoms with Gasteiger partial charge in [-0.05, 0) is 138 Å². The highest BCUT2D eigenvalue weighted by Gasteiger charge is 2.42. The first kappa shape index (κ1) is 79.9. The summed E-state index contributed by atoms with van der Waals surface area (Å²) in [6.45, 7) is 39.0. The van der Waals surface area contributed by atoms with E-state index in [0.29, 0.717) is 17.6 Å². The molecule has 7 nitrogen and oxygen atoms in total. The first-order valence-electron chi connectivity index (χ1n) is 33.8. The molecule has 96 heavy (non-hydrogen) atoms. The molecule has 9 aromatic rings. The maximum atomic E-state index is 10.2. The molecule has 0 amide bonds. The maximum absolute atomic E-state index is 10.2. The Kier molecular flexibility index (Phi) is 30.5. The molecule has 0 saturated carbocycles. The molecule has 9 rings (SSSR count). The van der Waals surface area contributed by atoms with Gasteiger partial charge in [0.2, 0.25) is 25.0 Å². The van der Waals surface area contributed by atoms with Crippen LogP contribution in [0.15, 0.2) is 243 Å². The van der Waals surface area contributed by atoms with E-state index in [9.17, 15) is 15.0 Å². The fraction of sp³-hybridized carbons (Fsp3) is 0.337. The molecule has 0 fully saturated rings. The summed E-state index contributed by atoms with van der Waals surface area (Å²) in [6.07, 6.45) is 0.620. The Hall–Kier alpha value is -6.83. The number of carbonyl (C=O) groups excluding carboxylic acids is 1. The molecule has 0 saturated heterocycles. The first-order chi connectivity index (χ1) is 45.1. The van der Waals surface area contributed by atoms with Gasteiger partial charge >= 0.3 is 0 Å². The van der Waals surface area contributed by atoms with Crippen LogP contribution in [0.25, 0.3) is 0 Å². The summed E-state index contributed by atoms with van der Waals surface area (Å²) < 4.78 is 19.3. The molecule has 0 unspecified atom stereocenters. The van der Waals surface area contributed by atoms with Gasteiger partial charge in [0.1, 0.15) is 28.7 Å². The Morgan fingerprint density at radius 1 is 0.333 bits per heavy atom. The van der Waals surface area contributed by atoms with Gasteiger partial charge in [0.15, 0.2) is 6.29 Å². The fourth-order valence-electron chi connectivity index (χ4n) is 10.4. The number of alkyl halides is 1. The van der Waals surface area contributed by atoms with Crippen molar-refractivity contribution in [1.82, 2.24) is 0 Å². The van der Waals surface area contributed by atoms with Crippen LogP contribution in [0.3, 0.4) is 0 Å². The van der Waals surface area contributed by atoms with Crippen LogP contribution in [0.4, 0.5) is 0 Å². The van der Waals surface area contributed by atoms with Crippen molar-refractivity contribution in [3.8, 4) is 28.7 Å². The maximum Gasteiger partial charge on any atom is 0.250 e. The Labute approximate surface area is 592 Å². The van der Waals surface area contributed by atoms with Gasteiger partial charge in [0, 0.05) is 16.5 Å². The van der Waals surface area contributed by atoms with Crippen molar-refractivity contribution >= 4 is 63.3 Å². The molecule has 0 spiro atoms. The summed E-state index contributed by atoms with van der Waals surface area (Å²) in [4.78, 5) is 10.1. The van der Waals surface area contributed by atoms with E-state index in [1.807, 2.05) is 42.5 Å². The predicted molar refractivity (Wildman–Crippen MR) is 424 cm³/mol. The normalized spacial score (nSPS) is 11.9. The lowest BCUT2D eigenvalue weighted by Crippen LogP contribution is -2.44. The van der Waals surface area contributed by atoms with E-state index in [1.54, 1.807) is 24.3 Å². The Morgan fingerprint density at radius 3 is 0.896 bits per heavy atom. The molecular formula is C83H111BrO7Si5. The predicted octanol–water partition coefficient (Wildman–Crippen LogP) is 22.6. The van der Waals surface area contributed by atoms with Gasteiger partial charge in [-0.25, -0.2) is 0 Å². The molecule has 9 aromatic carbocycles. The minimum absolute atomic E-state index is 0.0325. The van der Waals surface area contributed by atoms with Crippen LogP contribution in [0.5, 0.6) is 28.7 Å². The lowest BCUT2D eigenvalue weighted by molar-refractivity contribution is 0.112. The first-order valence-corrected chi connectivity index (χ1v) is 49.8. The van der Waals surface area contributed by atoms with Gasteiger partial charge in [0.05, 0.1) is 28.3 Å². The van der Waals surface area contributed by atoms with E-state index < -0.39 is 41.1 Å². The number of halogens is 1. The second kappa shape index (κ2) is 36.7. The van der Waals surface area contributed by atoms with Crippen molar-refractivity contribution in [1.29, 1.82) is 0 Å². The standard InChI is InChI=1S/C28H38OSi2.C22H24OSi.C13H21BrOSi.C13H22O2Si.C7H6O2/c1-28(2,3)30(4,5)29-27-20-14-13-19-26(27)23-31(6,21-24-15-9-7-10-16-24)22-25-17-11-8-12-18-25;1-24(16-19-10-4-2-5-11-19,17-20-12-6-3-7-13-20)18-21-14-8-9-15-22(21)23;2*1-13(2,3)16(4,5)15-12-9-7-6-8-11(12)10-14;8-5-6-3-1-2-4-7(6)9/h7-20H,21-23H2,1-6H3;2-15,23H,16-18H2,1H3;6-9H,10H2,1-5H3;6-9,14H,10H2,1-5H3;1-5,9H. The number of phenolic OH excluding ortho intramolecular Hbond substituents is 2. The number of para-hydroxylation sites is 5. The quantitative estimate of drug-likeness (QED) is 0.0374. The van der Waals surface area contributed by atoms with Gasteiger partial charge < -0.3 is 28.6 Å². The van der Waals surface area contributed by atoms with Crippen LogP contribution in [0, 0.1) is 0 Å². The average Bonchev–Trinajstić information content (AvgIpc) is 0.828. The highest BCUT2D eigenvalue weighted by atomic mass is 79.9. The molecule has 0 aliphatic heterocycles. The summed E-state index contributed by atoms with van der Waals surface area (Å²) in [5.74, 6) is 3.43. The van der Waals surface area contributed by atoms with E-state index in [1.165, 1.54) is 51.5 Å². The number of aliphatic hydroxyl groups excluding tert-OH is 1. The summed E-state index contributed by atoms with van der Waals surface area (Å²) in [5, 5.41) is 29.8. The molecule has 3 N–H and O–H groups in total. The topological polar surface area (TPSA) is 105 Å². The minimum Gasteiger partial charge on any atom is -0.543 e. The number of phenols is 2. The summed E-state index contributed by atoms with van der Waals surface area (Å²) >= 11 is 3.50. The molecule has 0 atom stereocenters. The van der Waals surface area contributed by atoms with Crippen LogP contribution in [0.1, 0.15) is 117 Å². The lowest BCUT2D eigenvalue weighted by Gasteiger charge is -2.37. The number of hydrogen-bond acceptors (Lipinski definition) is 7. The molecule has 0 heterocycles. The molecular weight excluding hydrogens is 1330 g/mol. The van der Waals surface area contributed by atoms with Crippen molar-refractivity contribution in [2.75, 3.05) is 0 Å². The van der Waals surface area contributed by atoms with Crippen LogP contribution in [-0.4, -0.2) is 62.7 Å². The molecule has 0 aliphatic rings. The second-order valence-corrected chi connectivity index (χ2v) is 54.7. The third-order valence-corrected chi connectivity index (χ3v) is 40.1. The number of hydrogen-bond donors (Lipinski definition) is 3. The Balaban J connectivity index is 0.000000229. The second-order valence-electron chi connectivity index (χ2n) is 30.6. The van der Waals surface area contributed by atoms with Crippen LogP contribution in [0.2, 0.25) is 67.5 Å². The van der Waals surface area contributed by atoms with E-state index in [2.05, 4.69) is 300 Å². The van der Waals surface area contributed by atoms with Gasteiger partial charge in [-0.1, -0.05) is 320 Å². The summed E-state index contributed by atoms with van der Waals surface area (Å²) in [6, 6.07) is 89.2. The third kappa shape index (κ3) is 25.9. The van der Waals surface area contributed by atoms with Gasteiger partial charge in [-0.15, -0.1) is 0 Å². The number of aromatic hydroxyl groups is 2. The molecule has 0 bridgehead atoms. The van der Waals surface area contributed by atoms with Crippen LogP contribution in [-0.2, 0) is 48.2 Å². The molecule has 0 aromatic heterocycles.